The normalized spacial score (nSPS) is 16.8. The maximum absolute atomic E-state index is 11.7. The molecule has 0 spiro atoms. The number of rotatable bonds is 7. The molecule has 0 bridgehead atoms. The molecule has 19 heavy (non-hydrogen) atoms. The third-order valence-corrected chi connectivity index (χ3v) is 3.37. The fourth-order valence-electron chi connectivity index (χ4n) is 2.20. The Morgan fingerprint density at radius 2 is 1.84 bits per heavy atom. The van der Waals surface area contributed by atoms with Crippen molar-refractivity contribution in [2.45, 2.75) is 71.8 Å². The van der Waals surface area contributed by atoms with Gasteiger partial charge in [0.1, 0.15) is 5.60 Å². The summed E-state index contributed by atoms with van der Waals surface area (Å²) < 4.78 is 5.17. The van der Waals surface area contributed by atoms with Crippen molar-refractivity contribution in [1.82, 2.24) is 5.32 Å². The fourth-order valence-corrected chi connectivity index (χ4v) is 2.20. The number of amides is 1. The number of hydrogen-bond donors (Lipinski definition) is 1. The molecule has 0 aromatic carbocycles. The number of hydrogen-bond acceptors (Lipinski definition) is 3. The Kier molecular flexibility index (Phi) is 5.39. The Morgan fingerprint density at radius 1 is 1.21 bits per heavy atom. The topological polar surface area (TPSA) is 55.4 Å². The molecule has 1 amide bonds. The second-order valence-electron chi connectivity index (χ2n) is 6.61. The van der Waals surface area contributed by atoms with E-state index in [4.69, 9.17) is 4.74 Å². The van der Waals surface area contributed by atoms with Gasteiger partial charge in [0.05, 0.1) is 6.42 Å². The summed E-state index contributed by atoms with van der Waals surface area (Å²) in [6.45, 7) is 8.41. The number of carbonyl (C=O) groups is 2. The first-order valence-corrected chi connectivity index (χ1v) is 7.25. The summed E-state index contributed by atoms with van der Waals surface area (Å²) in [5.74, 6) is -0.356. The van der Waals surface area contributed by atoms with E-state index in [9.17, 15) is 9.59 Å². The first-order chi connectivity index (χ1) is 8.76. The molecule has 110 valence electrons. The SMILES string of the molecule is CCCC1(CNC(=O)CCC(=O)OC(C)(C)C)CC1. The Bertz CT molecular complexity index is 327. The van der Waals surface area contributed by atoms with E-state index in [1.807, 2.05) is 20.8 Å². The molecule has 0 aliphatic heterocycles. The molecule has 0 unspecified atom stereocenters. The van der Waals surface area contributed by atoms with Crippen LogP contribution < -0.4 is 5.32 Å². The second kappa shape index (κ2) is 6.40. The van der Waals surface area contributed by atoms with Crippen molar-refractivity contribution in [3.05, 3.63) is 0 Å². The molecule has 0 aromatic heterocycles. The molecule has 0 radical (unpaired) electrons. The molecule has 0 heterocycles. The number of nitrogens with one attached hydrogen (secondary N) is 1. The van der Waals surface area contributed by atoms with Gasteiger partial charge >= 0.3 is 5.97 Å². The van der Waals surface area contributed by atoms with Crippen molar-refractivity contribution in [2.24, 2.45) is 5.41 Å². The van der Waals surface area contributed by atoms with Gasteiger partial charge in [-0.25, -0.2) is 0 Å². The van der Waals surface area contributed by atoms with Crippen LogP contribution in [-0.2, 0) is 14.3 Å². The van der Waals surface area contributed by atoms with Crippen molar-refractivity contribution in [3.63, 3.8) is 0 Å². The van der Waals surface area contributed by atoms with Crippen molar-refractivity contribution in [2.75, 3.05) is 6.54 Å². The molecule has 1 N–H and O–H groups in total. The highest BCUT2D eigenvalue weighted by Gasteiger charge is 2.41. The van der Waals surface area contributed by atoms with Crippen LogP contribution in [0.3, 0.4) is 0 Å². The summed E-state index contributed by atoms with van der Waals surface area (Å²) in [6.07, 6.45) is 5.15. The first-order valence-electron chi connectivity index (χ1n) is 7.25. The summed E-state index contributed by atoms with van der Waals surface area (Å²) >= 11 is 0. The number of carbonyl (C=O) groups excluding carboxylic acids is 2. The minimum atomic E-state index is -0.479. The van der Waals surface area contributed by atoms with E-state index in [1.165, 1.54) is 19.3 Å². The van der Waals surface area contributed by atoms with Crippen LogP contribution in [0.1, 0.15) is 66.2 Å². The summed E-state index contributed by atoms with van der Waals surface area (Å²) in [6, 6.07) is 0. The van der Waals surface area contributed by atoms with Gasteiger partial charge in [-0.15, -0.1) is 0 Å². The van der Waals surface area contributed by atoms with Crippen LogP contribution in [0, 0.1) is 5.41 Å². The van der Waals surface area contributed by atoms with Crippen molar-refractivity contribution in [1.29, 1.82) is 0 Å². The fraction of sp³-hybridized carbons (Fsp3) is 0.867. The predicted octanol–water partition coefficient (Wildman–Crippen LogP) is 2.80. The van der Waals surface area contributed by atoms with E-state index >= 15 is 0 Å². The van der Waals surface area contributed by atoms with Crippen molar-refractivity contribution in [3.8, 4) is 0 Å². The van der Waals surface area contributed by atoms with Gasteiger partial charge in [-0.3, -0.25) is 9.59 Å². The lowest BCUT2D eigenvalue weighted by Crippen LogP contribution is -2.31. The zero-order valence-corrected chi connectivity index (χ0v) is 12.7. The zero-order valence-electron chi connectivity index (χ0n) is 12.7. The monoisotopic (exact) mass is 269 g/mol. The Labute approximate surface area is 116 Å². The smallest absolute Gasteiger partial charge is 0.306 e. The standard InChI is InChI=1S/C15H27NO3/c1-5-8-15(9-10-15)11-16-12(17)6-7-13(18)19-14(2,3)4/h5-11H2,1-4H3,(H,16,17). The molecular formula is C15H27NO3. The van der Waals surface area contributed by atoms with Crippen molar-refractivity contribution < 1.29 is 14.3 Å². The quantitative estimate of drug-likeness (QED) is 0.723. The minimum absolute atomic E-state index is 0.0479. The van der Waals surface area contributed by atoms with Gasteiger partial charge in [-0.2, -0.15) is 0 Å². The second-order valence-corrected chi connectivity index (χ2v) is 6.61. The van der Waals surface area contributed by atoms with E-state index in [1.54, 1.807) is 0 Å². The lowest BCUT2D eigenvalue weighted by molar-refractivity contribution is -0.155. The summed E-state index contributed by atoms with van der Waals surface area (Å²) in [5.41, 5.74) is -0.122. The van der Waals surface area contributed by atoms with E-state index < -0.39 is 5.60 Å². The van der Waals surface area contributed by atoms with Crippen LogP contribution >= 0.6 is 0 Å². The average molecular weight is 269 g/mol. The lowest BCUT2D eigenvalue weighted by atomic mass is 10.0. The molecule has 1 fully saturated rings. The molecule has 0 atom stereocenters. The first kappa shape index (κ1) is 16.0. The molecule has 1 aliphatic rings. The number of esters is 1. The van der Waals surface area contributed by atoms with E-state index in [0.29, 0.717) is 5.41 Å². The molecule has 0 saturated heterocycles. The highest BCUT2D eigenvalue weighted by Crippen LogP contribution is 2.48. The highest BCUT2D eigenvalue weighted by atomic mass is 16.6. The maximum atomic E-state index is 11.7. The van der Waals surface area contributed by atoms with Gasteiger partial charge < -0.3 is 10.1 Å². The third-order valence-electron chi connectivity index (χ3n) is 3.37. The van der Waals surface area contributed by atoms with Gasteiger partial charge in [0, 0.05) is 13.0 Å². The van der Waals surface area contributed by atoms with Gasteiger partial charge in [0.15, 0.2) is 0 Å². The van der Waals surface area contributed by atoms with Gasteiger partial charge in [-0.1, -0.05) is 13.3 Å². The van der Waals surface area contributed by atoms with Crippen LogP contribution in [-0.4, -0.2) is 24.0 Å². The largest absolute Gasteiger partial charge is 0.460 e. The average Bonchev–Trinajstić information content (AvgIpc) is 3.02. The van der Waals surface area contributed by atoms with Gasteiger partial charge in [0.25, 0.3) is 0 Å². The minimum Gasteiger partial charge on any atom is -0.460 e. The number of ether oxygens (including phenoxy) is 1. The maximum Gasteiger partial charge on any atom is 0.306 e. The van der Waals surface area contributed by atoms with Crippen molar-refractivity contribution >= 4 is 11.9 Å². The Morgan fingerprint density at radius 3 is 2.32 bits per heavy atom. The molecule has 4 nitrogen and oxygen atoms in total. The third kappa shape index (κ3) is 6.60. The highest BCUT2D eigenvalue weighted by molar-refractivity contribution is 5.81. The van der Waals surface area contributed by atoms with Crippen LogP contribution in [0.2, 0.25) is 0 Å². The van der Waals surface area contributed by atoms with Gasteiger partial charge in [0.2, 0.25) is 5.91 Å². The Balaban J connectivity index is 2.16. The lowest BCUT2D eigenvalue weighted by Gasteiger charge is -2.19. The molecular weight excluding hydrogens is 242 g/mol. The molecule has 0 aromatic rings. The zero-order chi connectivity index (χ0) is 14.5. The molecule has 1 aliphatic carbocycles. The van der Waals surface area contributed by atoms with Gasteiger partial charge in [-0.05, 0) is 45.4 Å². The Hall–Kier alpha value is -1.06. The molecule has 4 heteroatoms. The predicted molar refractivity (Wildman–Crippen MR) is 74.7 cm³/mol. The van der Waals surface area contributed by atoms with E-state index in [-0.39, 0.29) is 24.7 Å². The van der Waals surface area contributed by atoms with Crippen LogP contribution in [0.4, 0.5) is 0 Å². The van der Waals surface area contributed by atoms with Crippen LogP contribution in [0.5, 0.6) is 0 Å². The van der Waals surface area contributed by atoms with Crippen LogP contribution in [0.25, 0.3) is 0 Å². The molecule has 1 saturated carbocycles. The summed E-state index contributed by atoms with van der Waals surface area (Å²) in [4.78, 5) is 23.1. The summed E-state index contributed by atoms with van der Waals surface area (Å²) in [7, 11) is 0. The summed E-state index contributed by atoms with van der Waals surface area (Å²) in [5, 5.41) is 2.94. The van der Waals surface area contributed by atoms with E-state index in [2.05, 4.69) is 12.2 Å². The van der Waals surface area contributed by atoms with Crippen LogP contribution in [0.15, 0.2) is 0 Å². The molecule has 1 rings (SSSR count). The van der Waals surface area contributed by atoms with E-state index in [0.717, 1.165) is 13.0 Å².